The van der Waals surface area contributed by atoms with Crippen LogP contribution in [0.1, 0.15) is 16.8 Å². The lowest BCUT2D eigenvalue weighted by molar-refractivity contribution is 0.242. The normalized spacial score (nSPS) is 15.2. The van der Waals surface area contributed by atoms with Crippen molar-refractivity contribution in [3.05, 3.63) is 51.3 Å². The molecule has 3 heterocycles. The molecule has 4 nitrogen and oxygen atoms in total. The molecule has 19 heavy (non-hydrogen) atoms. The van der Waals surface area contributed by atoms with Gasteiger partial charge in [0.2, 0.25) is 0 Å². The first-order chi connectivity index (χ1) is 9.22. The lowest BCUT2D eigenvalue weighted by Gasteiger charge is -2.28. The molecule has 0 aromatic carbocycles. The molecular formula is C13H13ClN4S. The molecule has 0 spiro atoms. The zero-order valence-corrected chi connectivity index (χ0v) is 11.8. The molecular weight excluding hydrogens is 280 g/mol. The van der Waals surface area contributed by atoms with E-state index in [4.69, 9.17) is 23.8 Å². The summed E-state index contributed by atoms with van der Waals surface area (Å²) in [6.07, 6.45) is 4.53. The third-order valence-corrected chi connectivity index (χ3v) is 3.83. The Morgan fingerprint density at radius 1 is 1.42 bits per heavy atom. The van der Waals surface area contributed by atoms with Gasteiger partial charge in [-0.15, -0.1) is 0 Å². The van der Waals surface area contributed by atoms with Gasteiger partial charge in [-0.3, -0.25) is 4.90 Å². The van der Waals surface area contributed by atoms with Gasteiger partial charge in [0.1, 0.15) is 5.15 Å². The number of halogens is 1. The Kier molecular flexibility index (Phi) is 3.59. The summed E-state index contributed by atoms with van der Waals surface area (Å²) in [6, 6.07) is 3.93. The average Bonchev–Trinajstić information content (AvgIpc) is 2.41. The van der Waals surface area contributed by atoms with E-state index in [1.807, 2.05) is 18.3 Å². The minimum absolute atomic E-state index is 0.558. The zero-order chi connectivity index (χ0) is 13.2. The van der Waals surface area contributed by atoms with Crippen LogP contribution >= 0.6 is 23.8 Å². The number of hydrogen-bond donors (Lipinski definition) is 1. The monoisotopic (exact) mass is 292 g/mol. The van der Waals surface area contributed by atoms with Crippen molar-refractivity contribution in [3.63, 3.8) is 0 Å². The standard InChI is InChI=1S/C13H13ClN4S/c14-12-9(2-1-4-15-12)7-18-5-3-11-10(8-18)6-16-13(19)17-11/h1-2,4,6H,3,5,7-8H2,(H,16,17,19). The summed E-state index contributed by atoms with van der Waals surface area (Å²) in [6.45, 7) is 2.65. The third kappa shape index (κ3) is 2.83. The highest BCUT2D eigenvalue weighted by Gasteiger charge is 2.17. The summed E-state index contributed by atoms with van der Waals surface area (Å²) in [5.41, 5.74) is 3.47. The van der Waals surface area contributed by atoms with Crippen LogP contribution in [-0.4, -0.2) is 26.4 Å². The second-order valence-electron chi connectivity index (χ2n) is 4.61. The number of aromatic nitrogens is 3. The van der Waals surface area contributed by atoms with Gasteiger partial charge in [0.25, 0.3) is 0 Å². The summed E-state index contributed by atoms with van der Waals surface area (Å²) in [5, 5.41) is 0.582. The van der Waals surface area contributed by atoms with Crippen molar-refractivity contribution in [1.82, 2.24) is 19.9 Å². The zero-order valence-electron chi connectivity index (χ0n) is 10.3. The van der Waals surface area contributed by atoms with E-state index in [1.165, 1.54) is 11.3 Å². The molecule has 0 unspecified atom stereocenters. The summed E-state index contributed by atoms with van der Waals surface area (Å²) in [4.78, 5) is 13.8. The second-order valence-corrected chi connectivity index (χ2v) is 5.35. The molecule has 0 saturated carbocycles. The number of fused-ring (bicyclic) bond motifs is 1. The molecule has 2 aromatic heterocycles. The number of H-pyrrole nitrogens is 1. The van der Waals surface area contributed by atoms with Crippen LogP contribution in [0.2, 0.25) is 5.15 Å². The minimum atomic E-state index is 0.558. The predicted molar refractivity (Wildman–Crippen MR) is 76.5 cm³/mol. The number of rotatable bonds is 2. The van der Waals surface area contributed by atoms with Crippen LogP contribution in [0.4, 0.5) is 0 Å². The first-order valence-electron chi connectivity index (χ1n) is 6.11. The largest absolute Gasteiger partial charge is 0.334 e. The predicted octanol–water partition coefficient (Wildman–Crippen LogP) is 2.75. The van der Waals surface area contributed by atoms with E-state index >= 15 is 0 Å². The van der Waals surface area contributed by atoms with Gasteiger partial charge >= 0.3 is 0 Å². The molecule has 0 fully saturated rings. The molecule has 0 radical (unpaired) electrons. The van der Waals surface area contributed by atoms with Crippen molar-refractivity contribution in [2.75, 3.05) is 6.54 Å². The molecule has 98 valence electrons. The fourth-order valence-corrected chi connectivity index (χ4v) is 2.67. The molecule has 0 atom stereocenters. The van der Waals surface area contributed by atoms with Gasteiger partial charge in [0, 0.05) is 55.3 Å². The molecule has 0 aliphatic carbocycles. The summed E-state index contributed by atoms with van der Waals surface area (Å²) < 4.78 is 0.558. The van der Waals surface area contributed by atoms with Crippen LogP contribution in [0.5, 0.6) is 0 Å². The van der Waals surface area contributed by atoms with Crippen molar-refractivity contribution < 1.29 is 0 Å². The maximum atomic E-state index is 6.09. The second kappa shape index (κ2) is 5.36. The number of aromatic amines is 1. The quantitative estimate of drug-likeness (QED) is 0.683. The topological polar surface area (TPSA) is 44.8 Å². The molecule has 1 aliphatic rings. The molecule has 0 amide bonds. The highest BCUT2D eigenvalue weighted by Crippen LogP contribution is 2.20. The summed E-state index contributed by atoms with van der Waals surface area (Å²) in [5.74, 6) is 0. The maximum Gasteiger partial charge on any atom is 0.196 e. The van der Waals surface area contributed by atoms with E-state index in [2.05, 4.69) is 19.9 Å². The fraction of sp³-hybridized carbons (Fsp3) is 0.308. The molecule has 0 saturated heterocycles. The highest BCUT2D eigenvalue weighted by molar-refractivity contribution is 7.71. The molecule has 1 aliphatic heterocycles. The maximum absolute atomic E-state index is 6.09. The number of nitrogens with zero attached hydrogens (tertiary/aromatic N) is 3. The van der Waals surface area contributed by atoms with Crippen molar-refractivity contribution in [3.8, 4) is 0 Å². The lowest BCUT2D eigenvalue weighted by Crippen LogP contribution is -2.31. The van der Waals surface area contributed by atoms with Gasteiger partial charge in [0.15, 0.2) is 4.77 Å². The van der Waals surface area contributed by atoms with Crippen LogP contribution in [-0.2, 0) is 19.5 Å². The first kappa shape index (κ1) is 12.7. The molecule has 1 N–H and O–H groups in total. The van der Waals surface area contributed by atoms with E-state index in [1.54, 1.807) is 6.20 Å². The van der Waals surface area contributed by atoms with Crippen LogP contribution in [0.3, 0.4) is 0 Å². The molecule has 6 heteroatoms. The van der Waals surface area contributed by atoms with Gasteiger partial charge < -0.3 is 4.98 Å². The molecule has 0 bridgehead atoms. The summed E-state index contributed by atoms with van der Waals surface area (Å²) in [7, 11) is 0. The smallest absolute Gasteiger partial charge is 0.196 e. The first-order valence-corrected chi connectivity index (χ1v) is 6.90. The number of nitrogens with one attached hydrogen (secondary N) is 1. The Bertz CT molecular complexity index is 655. The highest BCUT2D eigenvalue weighted by atomic mass is 35.5. The van der Waals surface area contributed by atoms with Crippen molar-refractivity contribution in [2.45, 2.75) is 19.5 Å². The average molecular weight is 293 g/mol. The summed E-state index contributed by atoms with van der Waals surface area (Å²) >= 11 is 11.1. The van der Waals surface area contributed by atoms with Crippen molar-refractivity contribution >= 4 is 23.8 Å². The van der Waals surface area contributed by atoms with Gasteiger partial charge in [-0.1, -0.05) is 17.7 Å². The van der Waals surface area contributed by atoms with Gasteiger partial charge in [0.05, 0.1) is 0 Å². The number of pyridine rings is 1. The van der Waals surface area contributed by atoms with E-state index in [9.17, 15) is 0 Å². The SMILES string of the molecule is S=c1ncc2c([nH]1)CCN(Cc1cccnc1Cl)C2. The van der Waals surface area contributed by atoms with Crippen LogP contribution < -0.4 is 0 Å². The van der Waals surface area contributed by atoms with Crippen LogP contribution in [0, 0.1) is 4.77 Å². The minimum Gasteiger partial charge on any atom is -0.334 e. The van der Waals surface area contributed by atoms with E-state index in [0.717, 1.165) is 31.6 Å². The van der Waals surface area contributed by atoms with Gasteiger partial charge in [-0.25, -0.2) is 9.97 Å². The van der Waals surface area contributed by atoms with Crippen molar-refractivity contribution in [1.29, 1.82) is 0 Å². The molecule has 2 aromatic rings. The third-order valence-electron chi connectivity index (χ3n) is 3.29. The van der Waals surface area contributed by atoms with Gasteiger partial charge in [-0.2, -0.15) is 0 Å². The fourth-order valence-electron chi connectivity index (χ4n) is 2.32. The Balaban J connectivity index is 1.78. The van der Waals surface area contributed by atoms with E-state index in [0.29, 0.717) is 9.92 Å². The Morgan fingerprint density at radius 3 is 3.16 bits per heavy atom. The Labute approximate surface area is 121 Å². The van der Waals surface area contributed by atoms with E-state index in [-0.39, 0.29) is 0 Å². The van der Waals surface area contributed by atoms with E-state index < -0.39 is 0 Å². The van der Waals surface area contributed by atoms with Gasteiger partial charge in [-0.05, 0) is 18.3 Å². The Hall–Kier alpha value is -1.30. The Morgan fingerprint density at radius 2 is 2.32 bits per heavy atom. The van der Waals surface area contributed by atoms with Crippen LogP contribution in [0.15, 0.2) is 24.5 Å². The molecule has 3 rings (SSSR count). The van der Waals surface area contributed by atoms with Crippen LogP contribution in [0.25, 0.3) is 0 Å². The lowest BCUT2D eigenvalue weighted by atomic mass is 10.1. The van der Waals surface area contributed by atoms with Crippen molar-refractivity contribution in [2.24, 2.45) is 0 Å². The number of hydrogen-bond acceptors (Lipinski definition) is 4.